The topological polar surface area (TPSA) is 69.0 Å². The molecule has 4 heterocycles. The van der Waals surface area contributed by atoms with Crippen LogP contribution in [-0.2, 0) is 7.05 Å². The summed E-state index contributed by atoms with van der Waals surface area (Å²) in [5.41, 5.74) is 3.19. The number of pyridine rings is 1. The zero-order valence-electron chi connectivity index (χ0n) is 18.2. The van der Waals surface area contributed by atoms with Crippen LogP contribution < -0.4 is 9.64 Å². The van der Waals surface area contributed by atoms with Crippen molar-refractivity contribution in [3.8, 4) is 17.3 Å². The standard InChI is InChI=1S/C24H22F2N6O/c1-13-3-4-20(27-8-13)23-30-22-24(31(23)2)29-21(9-28-22)32-10-17-18(11-32)19(17)12-33-16-6-14(25)5-15(26)7-16/h3-9,17-19H,10-12H2,1-2H3/t17-,18+,19?. The number of aryl methyl sites for hydroxylation is 2. The third kappa shape index (κ3) is 3.57. The number of hydrogen-bond donors (Lipinski definition) is 0. The Hall–Kier alpha value is -3.62. The summed E-state index contributed by atoms with van der Waals surface area (Å²) in [5, 5.41) is 0. The minimum Gasteiger partial charge on any atom is -0.493 e. The van der Waals surface area contributed by atoms with Gasteiger partial charge in [-0.05, 0) is 30.4 Å². The van der Waals surface area contributed by atoms with E-state index in [1.807, 2.05) is 36.9 Å². The van der Waals surface area contributed by atoms with Crippen LogP contribution in [-0.4, -0.2) is 44.2 Å². The average Bonchev–Trinajstić information content (AvgIpc) is 3.10. The number of imidazole rings is 1. The lowest BCUT2D eigenvalue weighted by molar-refractivity contribution is 0.280. The summed E-state index contributed by atoms with van der Waals surface area (Å²) >= 11 is 0. The van der Waals surface area contributed by atoms with Crippen molar-refractivity contribution in [3.63, 3.8) is 0 Å². The van der Waals surface area contributed by atoms with Crippen molar-refractivity contribution in [2.45, 2.75) is 6.92 Å². The summed E-state index contributed by atoms with van der Waals surface area (Å²) in [6.07, 6.45) is 3.59. The van der Waals surface area contributed by atoms with E-state index in [2.05, 4.69) is 19.9 Å². The Balaban J connectivity index is 1.14. The van der Waals surface area contributed by atoms with E-state index in [-0.39, 0.29) is 5.75 Å². The second-order valence-electron chi connectivity index (χ2n) is 8.90. The predicted octanol–water partition coefficient (Wildman–Crippen LogP) is 3.77. The number of anilines is 1. The van der Waals surface area contributed by atoms with Gasteiger partial charge in [0.1, 0.15) is 28.9 Å². The predicted molar refractivity (Wildman–Crippen MR) is 119 cm³/mol. The van der Waals surface area contributed by atoms with Gasteiger partial charge in [0, 0.05) is 50.5 Å². The average molecular weight is 448 g/mol. The number of aromatic nitrogens is 5. The minimum atomic E-state index is -0.627. The lowest BCUT2D eigenvalue weighted by Gasteiger charge is -2.20. The maximum absolute atomic E-state index is 13.3. The fourth-order valence-electron chi connectivity index (χ4n) is 4.81. The van der Waals surface area contributed by atoms with Crippen LogP contribution in [0.1, 0.15) is 5.56 Å². The number of hydrogen-bond acceptors (Lipinski definition) is 6. The van der Waals surface area contributed by atoms with Crippen LogP contribution in [0, 0.1) is 36.3 Å². The fraction of sp³-hybridized carbons (Fsp3) is 0.333. The first-order chi connectivity index (χ1) is 16.0. The maximum Gasteiger partial charge on any atom is 0.198 e. The molecule has 1 unspecified atom stereocenters. The van der Waals surface area contributed by atoms with Gasteiger partial charge in [0.2, 0.25) is 0 Å². The Morgan fingerprint density at radius 3 is 2.45 bits per heavy atom. The summed E-state index contributed by atoms with van der Waals surface area (Å²) in [6, 6.07) is 7.23. The number of nitrogens with zero attached hydrogens (tertiary/aromatic N) is 6. The van der Waals surface area contributed by atoms with Gasteiger partial charge < -0.3 is 14.2 Å². The van der Waals surface area contributed by atoms with E-state index in [9.17, 15) is 8.78 Å². The van der Waals surface area contributed by atoms with E-state index >= 15 is 0 Å². The van der Waals surface area contributed by atoms with Crippen LogP contribution in [0.5, 0.6) is 5.75 Å². The van der Waals surface area contributed by atoms with E-state index in [4.69, 9.17) is 9.72 Å². The molecule has 0 radical (unpaired) electrons. The molecule has 1 saturated carbocycles. The highest BCUT2D eigenvalue weighted by Crippen LogP contribution is 2.52. The molecule has 3 atom stereocenters. The Morgan fingerprint density at radius 1 is 1.00 bits per heavy atom. The number of halogens is 2. The molecular weight excluding hydrogens is 426 g/mol. The molecule has 9 heteroatoms. The van der Waals surface area contributed by atoms with Crippen LogP contribution in [0.15, 0.2) is 42.7 Å². The van der Waals surface area contributed by atoms with Gasteiger partial charge in [0.25, 0.3) is 0 Å². The third-order valence-electron chi connectivity index (χ3n) is 6.68. The van der Waals surface area contributed by atoms with Gasteiger partial charge in [-0.3, -0.25) is 4.98 Å². The smallest absolute Gasteiger partial charge is 0.198 e. The maximum atomic E-state index is 13.3. The lowest BCUT2D eigenvalue weighted by atomic mass is 10.2. The molecule has 0 amide bonds. The molecule has 1 aliphatic heterocycles. The van der Waals surface area contributed by atoms with Crippen LogP contribution in [0.25, 0.3) is 22.8 Å². The molecule has 2 fully saturated rings. The molecule has 3 aromatic heterocycles. The molecule has 4 aromatic rings. The normalized spacial score (nSPS) is 21.5. The number of fused-ring (bicyclic) bond motifs is 2. The first kappa shape index (κ1) is 20.0. The highest BCUT2D eigenvalue weighted by atomic mass is 19.1. The zero-order chi connectivity index (χ0) is 22.7. The van der Waals surface area contributed by atoms with E-state index in [0.29, 0.717) is 30.0 Å². The first-order valence-corrected chi connectivity index (χ1v) is 10.9. The van der Waals surface area contributed by atoms with Crippen LogP contribution in [0.3, 0.4) is 0 Å². The van der Waals surface area contributed by atoms with E-state index in [1.54, 1.807) is 6.20 Å². The van der Waals surface area contributed by atoms with Crippen molar-refractivity contribution in [2.75, 3.05) is 24.6 Å². The Morgan fingerprint density at radius 2 is 1.76 bits per heavy atom. The fourth-order valence-corrected chi connectivity index (χ4v) is 4.81. The van der Waals surface area contributed by atoms with Crippen LogP contribution in [0.2, 0.25) is 0 Å². The Bertz CT molecular complexity index is 1320. The van der Waals surface area contributed by atoms with Gasteiger partial charge >= 0.3 is 0 Å². The molecule has 2 aliphatic rings. The number of ether oxygens (including phenoxy) is 1. The summed E-state index contributed by atoms with van der Waals surface area (Å²) in [5.74, 6) is 1.90. The van der Waals surface area contributed by atoms with Gasteiger partial charge in [-0.2, -0.15) is 0 Å². The molecule has 0 bridgehead atoms. The Labute approximate surface area is 189 Å². The molecule has 7 nitrogen and oxygen atoms in total. The van der Waals surface area contributed by atoms with Gasteiger partial charge in [-0.1, -0.05) is 6.07 Å². The summed E-state index contributed by atoms with van der Waals surface area (Å²) in [6.45, 7) is 4.19. The van der Waals surface area contributed by atoms with Crippen molar-refractivity contribution in [3.05, 3.63) is 59.9 Å². The summed E-state index contributed by atoms with van der Waals surface area (Å²) < 4.78 is 34.3. The van der Waals surface area contributed by atoms with Gasteiger partial charge in [0.05, 0.1) is 12.8 Å². The largest absolute Gasteiger partial charge is 0.493 e. The van der Waals surface area contributed by atoms with Crippen molar-refractivity contribution in [1.29, 1.82) is 0 Å². The van der Waals surface area contributed by atoms with Crippen LogP contribution in [0.4, 0.5) is 14.6 Å². The molecule has 168 valence electrons. The summed E-state index contributed by atoms with van der Waals surface area (Å²) in [7, 11) is 1.93. The number of benzene rings is 1. The van der Waals surface area contributed by atoms with Gasteiger partial charge in [-0.15, -0.1) is 0 Å². The first-order valence-electron chi connectivity index (χ1n) is 10.9. The van der Waals surface area contributed by atoms with Crippen molar-refractivity contribution in [2.24, 2.45) is 24.8 Å². The Kier molecular flexibility index (Phi) is 4.53. The lowest BCUT2D eigenvalue weighted by Crippen LogP contribution is -2.26. The molecule has 1 aliphatic carbocycles. The van der Waals surface area contributed by atoms with Crippen LogP contribution >= 0.6 is 0 Å². The monoisotopic (exact) mass is 448 g/mol. The second-order valence-corrected chi connectivity index (χ2v) is 8.90. The summed E-state index contributed by atoms with van der Waals surface area (Å²) in [4.78, 5) is 20.7. The van der Waals surface area contributed by atoms with Gasteiger partial charge in [0.15, 0.2) is 17.1 Å². The molecular formula is C24H22F2N6O. The van der Waals surface area contributed by atoms with E-state index in [1.165, 1.54) is 12.1 Å². The highest BCUT2D eigenvalue weighted by molar-refractivity contribution is 5.74. The number of rotatable bonds is 5. The molecule has 33 heavy (non-hydrogen) atoms. The third-order valence-corrected chi connectivity index (χ3v) is 6.68. The molecule has 6 rings (SSSR count). The zero-order valence-corrected chi connectivity index (χ0v) is 18.2. The van der Waals surface area contributed by atoms with E-state index < -0.39 is 11.6 Å². The second kappa shape index (κ2) is 7.47. The highest BCUT2D eigenvalue weighted by Gasteiger charge is 2.56. The molecule has 1 saturated heterocycles. The molecule has 0 N–H and O–H groups in total. The van der Waals surface area contributed by atoms with Crippen molar-refractivity contribution < 1.29 is 13.5 Å². The molecule has 0 spiro atoms. The molecule has 1 aromatic carbocycles. The number of piperidine rings is 1. The van der Waals surface area contributed by atoms with Crippen molar-refractivity contribution in [1.82, 2.24) is 24.5 Å². The SMILES string of the molecule is Cc1ccc(-c2nc3ncc(N4C[C@@H]5C(COc6cc(F)cc(F)c6)[C@@H]5C4)nc3n2C)nc1. The van der Waals surface area contributed by atoms with Gasteiger partial charge in [-0.25, -0.2) is 23.7 Å². The quantitative estimate of drug-likeness (QED) is 0.463. The van der Waals surface area contributed by atoms with E-state index in [0.717, 1.165) is 47.7 Å². The minimum absolute atomic E-state index is 0.237. The van der Waals surface area contributed by atoms with Crippen molar-refractivity contribution >= 4 is 17.1 Å².